The predicted molar refractivity (Wildman–Crippen MR) is 58.9 cm³/mol. The summed E-state index contributed by atoms with van der Waals surface area (Å²) in [5.74, 6) is -1.68. The van der Waals surface area contributed by atoms with Gasteiger partial charge in [-0.1, -0.05) is 6.58 Å². The topological polar surface area (TPSA) is 69.7 Å². The second-order valence-electron chi connectivity index (χ2n) is 2.78. The first kappa shape index (κ1) is 18.4. The van der Waals surface area contributed by atoms with E-state index in [1.807, 2.05) is 0 Å². The Morgan fingerprint density at radius 1 is 1.12 bits per heavy atom. The Morgan fingerprint density at radius 3 is 2.06 bits per heavy atom. The first-order valence-electron chi connectivity index (χ1n) is 4.54. The molecule has 0 heterocycles. The number of carbonyl (C=O) groups is 3. The van der Waals surface area contributed by atoms with Gasteiger partial charge in [0.05, 0.1) is 7.11 Å². The number of ether oxygens (including phenoxy) is 2. The molecule has 0 spiro atoms. The Kier molecular flexibility index (Phi) is 13.2. The summed E-state index contributed by atoms with van der Waals surface area (Å²) in [4.78, 5) is 32.2. The summed E-state index contributed by atoms with van der Waals surface area (Å²) in [5, 5.41) is 0. The van der Waals surface area contributed by atoms with E-state index in [0.29, 0.717) is 12.8 Å². The first-order valence-corrected chi connectivity index (χ1v) is 4.54. The van der Waals surface area contributed by atoms with E-state index in [-0.39, 0.29) is 70.2 Å². The van der Waals surface area contributed by atoms with Crippen molar-refractivity contribution in [3.05, 3.63) is 12.7 Å². The average molecular weight is 254 g/mol. The zero-order chi connectivity index (χ0) is 11.7. The summed E-state index contributed by atoms with van der Waals surface area (Å²) >= 11 is 0. The van der Waals surface area contributed by atoms with E-state index in [1.54, 1.807) is 0 Å². The molecule has 0 amide bonds. The van der Waals surface area contributed by atoms with Crippen molar-refractivity contribution < 1.29 is 23.9 Å². The summed E-state index contributed by atoms with van der Waals surface area (Å²) in [7, 11) is 1.30. The van der Waals surface area contributed by atoms with Crippen molar-refractivity contribution in [2.75, 3.05) is 7.11 Å². The van der Waals surface area contributed by atoms with Gasteiger partial charge < -0.3 is 9.47 Å². The molecule has 16 heavy (non-hydrogen) atoms. The fourth-order valence-corrected chi connectivity index (χ4v) is 0.846. The van der Waals surface area contributed by atoms with Crippen LogP contribution in [0.4, 0.5) is 0 Å². The molecule has 0 bridgehead atoms. The summed E-state index contributed by atoms with van der Waals surface area (Å²) in [6.45, 7) is 3.16. The van der Waals surface area contributed by atoms with E-state index in [2.05, 4.69) is 16.1 Å². The number of carbonyl (C=O) groups excluding carboxylic acids is 3. The molecule has 6 heteroatoms. The molecule has 0 aromatic carbocycles. The maximum atomic E-state index is 10.9. The van der Waals surface area contributed by atoms with Crippen molar-refractivity contribution in [2.24, 2.45) is 0 Å². The van der Waals surface area contributed by atoms with E-state index < -0.39 is 11.9 Å². The van der Waals surface area contributed by atoms with Gasteiger partial charge in [-0.25, -0.2) is 4.79 Å². The van der Waals surface area contributed by atoms with Crippen LogP contribution in [0.3, 0.4) is 0 Å². The molecule has 0 saturated heterocycles. The van der Waals surface area contributed by atoms with Crippen LogP contribution in [0.1, 0.15) is 25.7 Å². The van der Waals surface area contributed by atoms with Crippen molar-refractivity contribution >= 4 is 69.3 Å². The van der Waals surface area contributed by atoms with E-state index in [0.717, 1.165) is 6.08 Å². The fourth-order valence-electron chi connectivity index (χ4n) is 0.846. The van der Waals surface area contributed by atoms with Crippen molar-refractivity contribution in [3.63, 3.8) is 0 Å². The summed E-state index contributed by atoms with van der Waals surface area (Å²) in [6, 6.07) is 0. The molecule has 0 radical (unpaired) electrons. The molecule has 0 fully saturated rings. The third kappa shape index (κ3) is 10.5. The van der Waals surface area contributed by atoms with Gasteiger partial charge in [0.15, 0.2) is 0 Å². The molecule has 0 atom stereocenters. The zero-order valence-electron chi connectivity index (χ0n) is 8.65. The van der Waals surface area contributed by atoms with Crippen LogP contribution >= 0.6 is 0 Å². The van der Waals surface area contributed by atoms with Crippen molar-refractivity contribution in [1.82, 2.24) is 0 Å². The normalized spacial score (nSPS) is 8.56. The quantitative estimate of drug-likeness (QED) is 0.224. The minimum absolute atomic E-state index is 0. The van der Waals surface area contributed by atoms with E-state index in [4.69, 9.17) is 0 Å². The minimum atomic E-state index is -0.757. The zero-order valence-corrected chi connectivity index (χ0v) is 8.65. The Labute approximate surface area is 137 Å². The molecule has 0 aliphatic carbocycles. The molecular weight excluding hydrogens is 239 g/mol. The van der Waals surface area contributed by atoms with Gasteiger partial charge in [-0.2, -0.15) is 0 Å². The van der Waals surface area contributed by atoms with Crippen molar-refractivity contribution in [2.45, 2.75) is 25.7 Å². The Bertz CT molecular complexity index is 262. The van der Waals surface area contributed by atoms with Gasteiger partial charge in [-0.05, 0) is 12.8 Å². The van der Waals surface area contributed by atoms with Gasteiger partial charge in [0, 0.05) is 18.9 Å². The number of methoxy groups -OCH3 is 1. The number of esters is 3. The number of rotatable bonds is 6. The van der Waals surface area contributed by atoms with Crippen LogP contribution in [0.15, 0.2) is 12.7 Å². The second-order valence-corrected chi connectivity index (χ2v) is 2.78. The third-order valence-corrected chi connectivity index (χ3v) is 1.62. The Hall–Kier alpha value is -0.0136. The standard InChI is InChI=1S/C10H14O5.K.H/c1-3-8(11)15-10(13)7-5-4-6-9(12)14-2;;/h3H,1,4-7H2,2H3;;. The van der Waals surface area contributed by atoms with Crippen LogP contribution < -0.4 is 0 Å². The molecule has 0 saturated carbocycles. The van der Waals surface area contributed by atoms with Crippen molar-refractivity contribution in [1.29, 1.82) is 0 Å². The predicted octanol–water partition coefficient (Wildman–Crippen LogP) is 0.327. The monoisotopic (exact) mass is 254 g/mol. The third-order valence-electron chi connectivity index (χ3n) is 1.62. The molecule has 0 rings (SSSR count). The molecule has 86 valence electrons. The molecule has 0 aromatic heterocycles. The SMILES string of the molecule is C=CC(=O)OC(=O)CCCCC(=O)OC.[KH]. The number of unbranched alkanes of at least 4 members (excludes halogenated alkanes) is 1. The average Bonchev–Trinajstić information content (AvgIpc) is 2.23. The molecule has 0 aliphatic heterocycles. The van der Waals surface area contributed by atoms with Crippen molar-refractivity contribution in [3.8, 4) is 0 Å². The first-order chi connectivity index (χ1) is 7.10. The summed E-state index contributed by atoms with van der Waals surface area (Å²) < 4.78 is 8.74. The Morgan fingerprint density at radius 2 is 1.62 bits per heavy atom. The summed E-state index contributed by atoms with van der Waals surface area (Å²) in [5.41, 5.74) is 0. The molecule has 0 aliphatic rings. The van der Waals surface area contributed by atoms with Gasteiger partial charge in [0.1, 0.15) is 0 Å². The maximum absolute atomic E-state index is 10.9. The van der Waals surface area contributed by atoms with Crippen LogP contribution in [0.25, 0.3) is 0 Å². The number of hydrogen-bond acceptors (Lipinski definition) is 5. The van der Waals surface area contributed by atoms with Gasteiger partial charge in [0.2, 0.25) is 0 Å². The second kappa shape index (κ2) is 11.5. The van der Waals surface area contributed by atoms with Crippen LogP contribution in [-0.4, -0.2) is 76.4 Å². The van der Waals surface area contributed by atoms with Crippen LogP contribution in [-0.2, 0) is 23.9 Å². The van der Waals surface area contributed by atoms with E-state index in [9.17, 15) is 14.4 Å². The molecule has 0 aromatic rings. The Balaban J connectivity index is 0. The van der Waals surface area contributed by atoms with E-state index >= 15 is 0 Å². The molecule has 0 unspecified atom stereocenters. The van der Waals surface area contributed by atoms with Gasteiger partial charge in [0.25, 0.3) is 0 Å². The van der Waals surface area contributed by atoms with Crippen LogP contribution in [0.2, 0.25) is 0 Å². The molecule has 0 N–H and O–H groups in total. The molecular formula is C10H15KO5. The van der Waals surface area contributed by atoms with E-state index in [1.165, 1.54) is 7.11 Å². The van der Waals surface area contributed by atoms with Crippen LogP contribution in [0, 0.1) is 0 Å². The van der Waals surface area contributed by atoms with Gasteiger partial charge >= 0.3 is 69.3 Å². The van der Waals surface area contributed by atoms with Gasteiger partial charge in [-0.15, -0.1) is 0 Å². The van der Waals surface area contributed by atoms with Crippen LogP contribution in [0.5, 0.6) is 0 Å². The number of hydrogen-bond donors (Lipinski definition) is 0. The van der Waals surface area contributed by atoms with Gasteiger partial charge in [-0.3, -0.25) is 9.59 Å². The summed E-state index contributed by atoms with van der Waals surface area (Å²) in [6.07, 6.45) is 2.31. The molecule has 5 nitrogen and oxygen atoms in total. The fraction of sp³-hybridized carbons (Fsp3) is 0.500.